The number of carbonyl (C=O) groups is 2. The van der Waals surface area contributed by atoms with E-state index in [1.807, 2.05) is 67.5 Å². The fourth-order valence-electron chi connectivity index (χ4n) is 2.87. The van der Waals surface area contributed by atoms with Crippen LogP contribution in [0.25, 0.3) is 0 Å². The Bertz CT molecular complexity index is 729. The first-order valence-corrected chi connectivity index (χ1v) is 8.74. The third-order valence-electron chi connectivity index (χ3n) is 4.05. The molecule has 2 aromatic rings. The van der Waals surface area contributed by atoms with Crippen molar-refractivity contribution in [3.05, 3.63) is 71.3 Å². The third kappa shape index (κ3) is 6.69. The van der Waals surface area contributed by atoms with Gasteiger partial charge in [0, 0.05) is 24.6 Å². The van der Waals surface area contributed by atoms with Crippen LogP contribution >= 0.6 is 0 Å². The highest BCUT2D eigenvalue weighted by Gasteiger charge is 2.16. The van der Waals surface area contributed by atoms with E-state index in [-0.39, 0.29) is 18.4 Å². The molecule has 1 unspecified atom stereocenters. The minimum absolute atomic E-state index is 0.0262. The molecule has 0 saturated carbocycles. The summed E-state index contributed by atoms with van der Waals surface area (Å²) in [5.41, 5.74) is 2.73. The van der Waals surface area contributed by atoms with Crippen molar-refractivity contribution >= 4 is 11.9 Å². The van der Waals surface area contributed by atoms with Crippen LogP contribution in [0.15, 0.2) is 54.6 Å². The van der Waals surface area contributed by atoms with Crippen molar-refractivity contribution in [1.82, 2.24) is 10.2 Å². The van der Waals surface area contributed by atoms with E-state index in [1.54, 1.807) is 6.07 Å². The van der Waals surface area contributed by atoms with Crippen LogP contribution in [0.2, 0.25) is 0 Å². The molecule has 0 radical (unpaired) electrons. The lowest BCUT2D eigenvalue weighted by Crippen LogP contribution is -2.37. The minimum atomic E-state index is -0.856. The van der Waals surface area contributed by atoms with Crippen LogP contribution < -0.4 is 5.32 Å². The summed E-state index contributed by atoms with van der Waals surface area (Å²) >= 11 is 0. The molecule has 5 nitrogen and oxygen atoms in total. The zero-order chi connectivity index (χ0) is 18.9. The van der Waals surface area contributed by atoms with E-state index >= 15 is 0 Å². The van der Waals surface area contributed by atoms with E-state index in [0.29, 0.717) is 18.4 Å². The molecule has 0 fully saturated rings. The van der Waals surface area contributed by atoms with Crippen LogP contribution in [-0.4, -0.2) is 42.0 Å². The molecule has 2 rings (SSSR count). The van der Waals surface area contributed by atoms with E-state index in [2.05, 4.69) is 5.32 Å². The topological polar surface area (TPSA) is 69.6 Å². The molecule has 138 valence electrons. The average Bonchev–Trinajstić information content (AvgIpc) is 2.60. The summed E-state index contributed by atoms with van der Waals surface area (Å²) in [4.78, 5) is 25.6. The molecule has 0 aliphatic heterocycles. The molecule has 0 spiro atoms. The molecule has 0 heterocycles. The number of hydrogen-bond acceptors (Lipinski definition) is 3. The number of carbonyl (C=O) groups excluding carboxylic acids is 1. The summed E-state index contributed by atoms with van der Waals surface area (Å²) in [6.07, 6.45) is 1.03. The number of benzene rings is 2. The Hall–Kier alpha value is -2.66. The second-order valence-corrected chi connectivity index (χ2v) is 6.73. The molecule has 0 aromatic heterocycles. The molecular weight excluding hydrogens is 328 g/mol. The van der Waals surface area contributed by atoms with E-state index in [9.17, 15) is 9.59 Å². The summed E-state index contributed by atoms with van der Waals surface area (Å²) in [6, 6.07) is 17.1. The molecule has 0 aliphatic rings. The van der Waals surface area contributed by atoms with E-state index in [1.165, 1.54) is 0 Å². The molecule has 0 bridgehead atoms. The van der Waals surface area contributed by atoms with Crippen LogP contribution in [0.1, 0.15) is 34.3 Å². The molecule has 26 heavy (non-hydrogen) atoms. The molecule has 1 atom stereocenters. The van der Waals surface area contributed by atoms with Crippen molar-refractivity contribution in [2.45, 2.75) is 31.8 Å². The van der Waals surface area contributed by atoms with Crippen molar-refractivity contribution in [1.29, 1.82) is 0 Å². The Morgan fingerprint density at radius 2 is 1.73 bits per heavy atom. The standard InChI is InChI=1S/C21H26N2O3/c1-23(2)15-17-9-6-10-18(13-17)21(26)22-19(11-12-20(24)25)14-16-7-4-3-5-8-16/h3-10,13,19H,11-12,14-15H2,1-2H3,(H,22,26)(H,24,25). The molecule has 2 N–H and O–H groups in total. The maximum absolute atomic E-state index is 12.7. The van der Waals surface area contributed by atoms with Crippen LogP contribution in [0.4, 0.5) is 0 Å². The number of nitrogens with zero attached hydrogens (tertiary/aromatic N) is 1. The van der Waals surface area contributed by atoms with E-state index < -0.39 is 5.97 Å². The van der Waals surface area contributed by atoms with Gasteiger partial charge < -0.3 is 15.3 Å². The lowest BCUT2D eigenvalue weighted by Gasteiger charge is -2.19. The number of aliphatic carboxylic acids is 1. The normalized spacial score (nSPS) is 12.0. The first-order chi connectivity index (χ1) is 12.4. The number of carboxylic acids is 1. The zero-order valence-corrected chi connectivity index (χ0v) is 15.3. The van der Waals surface area contributed by atoms with E-state index in [4.69, 9.17) is 5.11 Å². The Morgan fingerprint density at radius 3 is 2.38 bits per heavy atom. The second-order valence-electron chi connectivity index (χ2n) is 6.73. The highest BCUT2D eigenvalue weighted by molar-refractivity contribution is 5.94. The maximum Gasteiger partial charge on any atom is 0.303 e. The number of hydrogen-bond donors (Lipinski definition) is 2. The van der Waals surface area contributed by atoms with Gasteiger partial charge in [-0.15, -0.1) is 0 Å². The quantitative estimate of drug-likeness (QED) is 0.726. The van der Waals surface area contributed by atoms with Gasteiger partial charge >= 0.3 is 5.97 Å². The van der Waals surface area contributed by atoms with Crippen molar-refractivity contribution < 1.29 is 14.7 Å². The SMILES string of the molecule is CN(C)Cc1cccc(C(=O)NC(CCC(=O)O)Cc2ccccc2)c1. The Morgan fingerprint density at radius 1 is 1.04 bits per heavy atom. The van der Waals surface area contributed by atoms with Gasteiger partial charge in [-0.1, -0.05) is 42.5 Å². The lowest BCUT2D eigenvalue weighted by atomic mass is 10.0. The zero-order valence-electron chi connectivity index (χ0n) is 15.3. The Labute approximate surface area is 154 Å². The Balaban J connectivity index is 2.08. The summed E-state index contributed by atoms with van der Waals surface area (Å²) in [6.45, 7) is 0.758. The number of rotatable bonds is 9. The molecule has 1 amide bonds. The monoisotopic (exact) mass is 354 g/mol. The van der Waals surface area contributed by atoms with Crippen molar-refractivity contribution in [2.75, 3.05) is 14.1 Å². The van der Waals surface area contributed by atoms with Crippen LogP contribution in [-0.2, 0) is 17.8 Å². The van der Waals surface area contributed by atoms with Crippen molar-refractivity contribution in [3.8, 4) is 0 Å². The molecular formula is C21H26N2O3. The summed E-state index contributed by atoms with van der Waals surface area (Å²) in [7, 11) is 3.96. The summed E-state index contributed by atoms with van der Waals surface area (Å²) < 4.78 is 0. The van der Waals surface area contributed by atoms with Gasteiger partial charge in [0.25, 0.3) is 5.91 Å². The smallest absolute Gasteiger partial charge is 0.303 e. The van der Waals surface area contributed by atoms with Crippen LogP contribution in [0.3, 0.4) is 0 Å². The second kappa shape index (κ2) is 9.73. The highest BCUT2D eigenvalue weighted by Crippen LogP contribution is 2.11. The van der Waals surface area contributed by atoms with Crippen molar-refractivity contribution in [2.24, 2.45) is 0 Å². The van der Waals surface area contributed by atoms with Crippen LogP contribution in [0, 0.1) is 0 Å². The number of nitrogens with one attached hydrogen (secondary N) is 1. The molecule has 5 heteroatoms. The number of carboxylic acid groups (broad SMARTS) is 1. The van der Waals surface area contributed by atoms with Gasteiger partial charge in [-0.3, -0.25) is 9.59 Å². The first kappa shape index (κ1) is 19.7. The van der Waals surface area contributed by atoms with Gasteiger partial charge in [0.2, 0.25) is 0 Å². The highest BCUT2D eigenvalue weighted by atomic mass is 16.4. The number of amides is 1. The minimum Gasteiger partial charge on any atom is -0.481 e. The van der Waals surface area contributed by atoms with Gasteiger partial charge in [-0.25, -0.2) is 0 Å². The maximum atomic E-state index is 12.7. The predicted molar refractivity (Wildman–Crippen MR) is 102 cm³/mol. The predicted octanol–water partition coefficient (Wildman–Crippen LogP) is 2.95. The van der Waals surface area contributed by atoms with Crippen LogP contribution in [0.5, 0.6) is 0 Å². The van der Waals surface area contributed by atoms with Gasteiger partial charge in [0.05, 0.1) is 0 Å². The summed E-state index contributed by atoms with van der Waals surface area (Å²) in [5.74, 6) is -1.03. The fraction of sp³-hybridized carbons (Fsp3) is 0.333. The molecule has 2 aromatic carbocycles. The molecule has 0 aliphatic carbocycles. The fourth-order valence-corrected chi connectivity index (χ4v) is 2.87. The average molecular weight is 354 g/mol. The summed E-state index contributed by atoms with van der Waals surface area (Å²) in [5, 5.41) is 12.0. The first-order valence-electron chi connectivity index (χ1n) is 8.74. The van der Waals surface area contributed by atoms with Gasteiger partial charge in [-0.05, 0) is 50.2 Å². The Kier molecular flexibility index (Phi) is 7.36. The van der Waals surface area contributed by atoms with E-state index in [0.717, 1.165) is 17.7 Å². The van der Waals surface area contributed by atoms with Gasteiger partial charge in [0.15, 0.2) is 0 Å². The largest absolute Gasteiger partial charge is 0.481 e. The lowest BCUT2D eigenvalue weighted by molar-refractivity contribution is -0.137. The van der Waals surface area contributed by atoms with Crippen molar-refractivity contribution in [3.63, 3.8) is 0 Å². The molecule has 0 saturated heterocycles. The van der Waals surface area contributed by atoms with Gasteiger partial charge in [-0.2, -0.15) is 0 Å². The third-order valence-corrected chi connectivity index (χ3v) is 4.05. The van der Waals surface area contributed by atoms with Gasteiger partial charge in [0.1, 0.15) is 0 Å².